The minimum atomic E-state index is -0.751. The first-order chi connectivity index (χ1) is 9.58. The third-order valence-corrected chi connectivity index (χ3v) is 2.99. The molecule has 106 valence electrons. The van der Waals surface area contributed by atoms with Crippen LogP contribution in [0.4, 0.5) is 0 Å². The van der Waals surface area contributed by atoms with E-state index in [0.29, 0.717) is 6.42 Å². The van der Waals surface area contributed by atoms with E-state index in [1.165, 1.54) is 10.6 Å². The molecule has 2 aromatic heterocycles. The van der Waals surface area contributed by atoms with Gasteiger partial charge in [0.05, 0.1) is 12.6 Å². The molecule has 2 rings (SSSR count). The molecule has 2 heterocycles. The molecule has 0 fully saturated rings. The molecule has 3 N–H and O–H groups in total. The van der Waals surface area contributed by atoms with E-state index in [4.69, 9.17) is 5.11 Å². The molecular weight excluding hydrogens is 262 g/mol. The fourth-order valence-electron chi connectivity index (χ4n) is 1.81. The lowest BCUT2D eigenvalue weighted by atomic mass is 10.2. The number of fused-ring (bicyclic) bond motifs is 1. The molecule has 0 aliphatic rings. The minimum Gasteiger partial charge on any atom is -0.493 e. The molecule has 2 aromatic rings. The van der Waals surface area contributed by atoms with E-state index in [1.54, 1.807) is 25.1 Å². The second-order valence-electron chi connectivity index (χ2n) is 4.31. The Balaban J connectivity index is 2.49. The van der Waals surface area contributed by atoms with Gasteiger partial charge in [0, 0.05) is 6.20 Å². The lowest BCUT2D eigenvalue weighted by Crippen LogP contribution is -2.40. The first-order valence-corrected chi connectivity index (χ1v) is 6.20. The molecule has 7 nitrogen and oxygen atoms in total. The van der Waals surface area contributed by atoms with E-state index in [9.17, 15) is 14.7 Å². The number of aliphatic hydroxyl groups excluding tert-OH is 1. The number of nitrogens with zero attached hydrogens (tertiary/aromatic N) is 2. The van der Waals surface area contributed by atoms with Gasteiger partial charge in [-0.2, -0.15) is 4.98 Å². The van der Waals surface area contributed by atoms with Crippen LogP contribution < -0.4 is 10.9 Å². The van der Waals surface area contributed by atoms with Crippen molar-refractivity contribution >= 4 is 11.6 Å². The van der Waals surface area contributed by atoms with E-state index in [1.807, 2.05) is 0 Å². The van der Waals surface area contributed by atoms with Crippen molar-refractivity contribution in [2.45, 2.75) is 19.4 Å². The SMILES string of the molecule is CC[C@H](CO)NC(=O)c1c(O)nc2ccccn2c1=O. The number of carbonyl (C=O) groups is 1. The second-order valence-corrected chi connectivity index (χ2v) is 4.31. The third kappa shape index (κ3) is 2.48. The van der Waals surface area contributed by atoms with Gasteiger partial charge in [-0.05, 0) is 18.6 Å². The maximum Gasteiger partial charge on any atom is 0.274 e. The Kier molecular flexibility index (Phi) is 3.99. The Morgan fingerprint density at radius 1 is 1.50 bits per heavy atom. The van der Waals surface area contributed by atoms with Crippen molar-refractivity contribution < 1.29 is 15.0 Å². The zero-order valence-corrected chi connectivity index (χ0v) is 10.9. The smallest absolute Gasteiger partial charge is 0.274 e. The molecule has 0 aromatic carbocycles. The molecule has 0 aliphatic heterocycles. The van der Waals surface area contributed by atoms with Gasteiger partial charge in [0.2, 0.25) is 5.88 Å². The number of aromatic nitrogens is 2. The zero-order valence-electron chi connectivity index (χ0n) is 10.9. The van der Waals surface area contributed by atoms with Gasteiger partial charge < -0.3 is 15.5 Å². The predicted octanol–water partition coefficient (Wildman–Crippen LogP) is -0.0992. The summed E-state index contributed by atoms with van der Waals surface area (Å²) in [6.45, 7) is 1.54. The van der Waals surface area contributed by atoms with Crippen LogP contribution in [0.25, 0.3) is 5.65 Å². The van der Waals surface area contributed by atoms with Crippen LogP contribution in [0.2, 0.25) is 0 Å². The summed E-state index contributed by atoms with van der Waals surface area (Å²) in [7, 11) is 0. The largest absolute Gasteiger partial charge is 0.493 e. The van der Waals surface area contributed by atoms with Crippen LogP contribution in [-0.2, 0) is 0 Å². The van der Waals surface area contributed by atoms with Gasteiger partial charge in [-0.3, -0.25) is 14.0 Å². The highest BCUT2D eigenvalue weighted by atomic mass is 16.3. The summed E-state index contributed by atoms with van der Waals surface area (Å²) < 4.78 is 1.18. The molecule has 0 aliphatic carbocycles. The van der Waals surface area contributed by atoms with E-state index < -0.39 is 29.0 Å². The predicted molar refractivity (Wildman–Crippen MR) is 71.8 cm³/mol. The Bertz CT molecular complexity index is 692. The third-order valence-electron chi connectivity index (χ3n) is 2.99. The molecule has 20 heavy (non-hydrogen) atoms. The number of pyridine rings is 1. The molecule has 0 unspecified atom stereocenters. The van der Waals surface area contributed by atoms with E-state index in [-0.39, 0.29) is 12.3 Å². The number of carbonyl (C=O) groups excluding carboxylic acids is 1. The van der Waals surface area contributed by atoms with Crippen LogP contribution in [0.5, 0.6) is 5.88 Å². The number of aliphatic hydroxyl groups is 1. The van der Waals surface area contributed by atoms with Crippen LogP contribution in [0, 0.1) is 0 Å². The highest BCUT2D eigenvalue weighted by molar-refractivity contribution is 5.96. The molecule has 0 saturated heterocycles. The second kappa shape index (κ2) is 5.70. The van der Waals surface area contributed by atoms with E-state index >= 15 is 0 Å². The van der Waals surface area contributed by atoms with E-state index in [2.05, 4.69) is 10.3 Å². The summed E-state index contributed by atoms with van der Waals surface area (Å²) in [5.41, 5.74) is -0.834. The van der Waals surface area contributed by atoms with Gasteiger partial charge >= 0.3 is 0 Å². The Morgan fingerprint density at radius 2 is 2.25 bits per heavy atom. The Labute approximate surface area is 114 Å². The topological polar surface area (TPSA) is 104 Å². The van der Waals surface area contributed by atoms with Crippen molar-refractivity contribution in [3.63, 3.8) is 0 Å². The quantitative estimate of drug-likeness (QED) is 0.724. The van der Waals surface area contributed by atoms with Crippen molar-refractivity contribution in [2.24, 2.45) is 0 Å². The number of aromatic hydroxyl groups is 1. The number of rotatable bonds is 4. The first kappa shape index (κ1) is 14.0. The summed E-state index contributed by atoms with van der Waals surface area (Å²) >= 11 is 0. The minimum absolute atomic E-state index is 0.245. The van der Waals surface area contributed by atoms with Crippen molar-refractivity contribution in [2.75, 3.05) is 6.61 Å². The lowest BCUT2D eigenvalue weighted by Gasteiger charge is -2.14. The molecule has 1 atom stereocenters. The van der Waals surface area contributed by atoms with Crippen LogP contribution in [-0.4, -0.2) is 38.2 Å². The summed E-state index contributed by atoms with van der Waals surface area (Å²) in [6.07, 6.45) is 1.97. The van der Waals surface area contributed by atoms with Crippen LogP contribution in [0.3, 0.4) is 0 Å². The monoisotopic (exact) mass is 277 g/mol. The fourth-order valence-corrected chi connectivity index (χ4v) is 1.81. The fraction of sp³-hybridized carbons (Fsp3) is 0.308. The molecule has 7 heteroatoms. The Morgan fingerprint density at radius 3 is 2.90 bits per heavy atom. The summed E-state index contributed by atoms with van der Waals surface area (Å²) in [6, 6.07) is 4.36. The van der Waals surface area contributed by atoms with Crippen molar-refractivity contribution in [3.05, 3.63) is 40.3 Å². The van der Waals surface area contributed by atoms with Gasteiger partial charge in [0.15, 0.2) is 5.56 Å². The van der Waals surface area contributed by atoms with Gasteiger partial charge in [-0.15, -0.1) is 0 Å². The molecular formula is C13H15N3O4. The zero-order chi connectivity index (χ0) is 14.7. The lowest BCUT2D eigenvalue weighted by molar-refractivity contribution is 0.0909. The van der Waals surface area contributed by atoms with Crippen LogP contribution >= 0.6 is 0 Å². The average molecular weight is 277 g/mol. The Hall–Kier alpha value is -2.41. The molecule has 1 amide bonds. The van der Waals surface area contributed by atoms with Gasteiger partial charge in [-0.25, -0.2) is 0 Å². The summed E-state index contributed by atoms with van der Waals surface area (Å²) in [4.78, 5) is 28.0. The van der Waals surface area contributed by atoms with Crippen LogP contribution in [0.15, 0.2) is 29.2 Å². The summed E-state index contributed by atoms with van der Waals surface area (Å²) in [5.74, 6) is -1.37. The standard InChI is InChI=1S/C13H15N3O4/c1-2-8(7-17)14-11(18)10-12(19)15-9-5-3-4-6-16(9)13(10)20/h3-6,8,17,19H,2,7H2,1H3,(H,14,18)/t8-/m1/s1. The van der Waals surface area contributed by atoms with E-state index in [0.717, 1.165) is 0 Å². The summed E-state index contributed by atoms with van der Waals surface area (Å²) in [5, 5.41) is 21.3. The van der Waals surface area contributed by atoms with Crippen molar-refractivity contribution in [1.29, 1.82) is 0 Å². The van der Waals surface area contributed by atoms with Crippen LogP contribution in [0.1, 0.15) is 23.7 Å². The number of hydrogen-bond acceptors (Lipinski definition) is 5. The van der Waals surface area contributed by atoms with Gasteiger partial charge in [-0.1, -0.05) is 13.0 Å². The molecule has 0 radical (unpaired) electrons. The van der Waals surface area contributed by atoms with Gasteiger partial charge in [0.25, 0.3) is 11.5 Å². The molecule has 0 saturated carbocycles. The molecule has 0 spiro atoms. The average Bonchev–Trinajstić information content (AvgIpc) is 2.44. The van der Waals surface area contributed by atoms with Gasteiger partial charge in [0.1, 0.15) is 5.65 Å². The number of amides is 1. The normalized spacial score (nSPS) is 12.3. The highest BCUT2D eigenvalue weighted by Crippen LogP contribution is 2.11. The number of hydrogen-bond donors (Lipinski definition) is 3. The van der Waals surface area contributed by atoms with Crippen molar-refractivity contribution in [3.8, 4) is 5.88 Å². The maximum atomic E-state index is 12.2. The molecule has 0 bridgehead atoms. The van der Waals surface area contributed by atoms with Crippen molar-refractivity contribution in [1.82, 2.24) is 14.7 Å². The first-order valence-electron chi connectivity index (χ1n) is 6.20. The maximum absolute atomic E-state index is 12.2. The number of nitrogens with one attached hydrogen (secondary N) is 1. The highest BCUT2D eigenvalue weighted by Gasteiger charge is 2.21.